The molecule has 2 heteroatoms. The molecular weight excluding hydrogens is 164 g/mol. The van der Waals surface area contributed by atoms with Crippen LogP contribution >= 0.6 is 0 Å². The molecular formula is C11H16O2. The molecule has 2 nitrogen and oxygen atoms in total. The van der Waals surface area contributed by atoms with E-state index in [0.717, 1.165) is 17.1 Å². The van der Waals surface area contributed by atoms with Crippen LogP contribution in [0.25, 0.3) is 5.57 Å². The minimum atomic E-state index is 0.0329. The van der Waals surface area contributed by atoms with Crippen molar-refractivity contribution in [3.8, 4) is 0 Å². The lowest BCUT2D eigenvalue weighted by atomic mass is 10.1. The van der Waals surface area contributed by atoms with Crippen molar-refractivity contribution < 1.29 is 9.52 Å². The fourth-order valence-corrected chi connectivity index (χ4v) is 1.22. The van der Waals surface area contributed by atoms with Gasteiger partial charge in [-0.15, -0.1) is 0 Å². The Morgan fingerprint density at radius 2 is 2.23 bits per heavy atom. The van der Waals surface area contributed by atoms with Gasteiger partial charge < -0.3 is 9.52 Å². The Morgan fingerprint density at radius 3 is 2.62 bits per heavy atom. The molecule has 0 saturated heterocycles. The number of aliphatic hydroxyl groups is 1. The number of rotatable bonds is 3. The summed E-state index contributed by atoms with van der Waals surface area (Å²) in [5, 5.41) is 9.11. The average Bonchev–Trinajstić information content (AvgIpc) is 2.47. The molecule has 72 valence electrons. The molecule has 0 aliphatic heterocycles. The molecule has 0 aliphatic rings. The van der Waals surface area contributed by atoms with Crippen LogP contribution in [0, 0.1) is 12.8 Å². The summed E-state index contributed by atoms with van der Waals surface area (Å²) in [6.07, 6.45) is 2.01. The van der Waals surface area contributed by atoms with Crippen molar-refractivity contribution in [1.82, 2.24) is 0 Å². The van der Waals surface area contributed by atoms with Crippen molar-refractivity contribution in [2.75, 3.05) is 6.61 Å². The van der Waals surface area contributed by atoms with Crippen molar-refractivity contribution >= 4 is 5.57 Å². The van der Waals surface area contributed by atoms with E-state index in [4.69, 9.17) is 9.52 Å². The number of furan rings is 1. The Labute approximate surface area is 78.9 Å². The number of aliphatic hydroxyl groups excluding tert-OH is 1. The van der Waals surface area contributed by atoms with Gasteiger partial charge in [0.25, 0.3) is 0 Å². The lowest BCUT2D eigenvalue weighted by Gasteiger charge is -2.02. The van der Waals surface area contributed by atoms with Crippen LogP contribution in [0.1, 0.15) is 25.4 Å². The predicted octanol–water partition coefficient (Wildman–Crippen LogP) is 2.62. The lowest BCUT2D eigenvalue weighted by Crippen LogP contribution is -1.91. The molecule has 0 atom stereocenters. The van der Waals surface area contributed by atoms with Gasteiger partial charge in [0.1, 0.15) is 11.5 Å². The van der Waals surface area contributed by atoms with Gasteiger partial charge in [-0.1, -0.05) is 19.9 Å². The SMILES string of the molecule is Cc1ccc(/C(=C\C(C)C)CO)o1. The topological polar surface area (TPSA) is 33.4 Å². The molecule has 0 aliphatic carbocycles. The van der Waals surface area contributed by atoms with E-state index in [9.17, 15) is 0 Å². The Bertz CT molecular complexity index is 295. The summed E-state index contributed by atoms with van der Waals surface area (Å²) in [7, 11) is 0. The Hall–Kier alpha value is -1.02. The van der Waals surface area contributed by atoms with Crippen LogP contribution < -0.4 is 0 Å². The van der Waals surface area contributed by atoms with E-state index in [0.29, 0.717) is 5.92 Å². The number of hydrogen-bond donors (Lipinski definition) is 1. The summed E-state index contributed by atoms with van der Waals surface area (Å²) in [4.78, 5) is 0. The van der Waals surface area contributed by atoms with Crippen LogP contribution in [-0.4, -0.2) is 11.7 Å². The first-order chi connectivity index (χ1) is 6.13. The smallest absolute Gasteiger partial charge is 0.132 e. The molecule has 1 heterocycles. The van der Waals surface area contributed by atoms with Gasteiger partial charge in [0, 0.05) is 5.57 Å². The number of hydrogen-bond acceptors (Lipinski definition) is 2. The highest BCUT2D eigenvalue weighted by Crippen LogP contribution is 2.18. The standard InChI is InChI=1S/C11H16O2/c1-8(2)6-10(7-12)11-5-4-9(3)13-11/h4-6,8,12H,7H2,1-3H3/b10-6-. The summed E-state index contributed by atoms with van der Waals surface area (Å²) >= 11 is 0. The molecule has 1 N–H and O–H groups in total. The summed E-state index contributed by atoms with van der Waals surface area (Å²) < 4.78 is 5.41. The average molecular weight is 180 g/mol. The third-order valence-corrected chi connectivity index (χ3v) is 1.76. The molecule has 1 aromatic rings. The van der Waals surface area contributed by atoms with E-state index >= 15 is 0 Å². The Kier molecular flexibility index (Phi) is 3.32. The van der Waals surface area contributed by atoms with Crippen molar-refractivity contribution in [3.05, 3.63) is 29.7 Å². The largest absolute Gasteiger partial charge is 0.462 e. The van der Waals surface area contributed by atoms with Crippen molar-refractivity contribution in [2.45, 2.75) is 20.8 Å². The maximum atomic E-state index is 9.11. The number of allylic oxidation sites excluding steroid dienone is 1. The van der Waals surface area contributed by atoms with Gasteiger partial charge >= 0.3 is 0 Å². The number of aryl methyl sites for hydroxylation is 1. The lowest BCUT2D eigenvalue weighted by molar-refractivity contribution is 0.345. The molecule has 13 heavy (non-hydrogen) atoms. The monoisotopic (exact) mass is 180 g/mol. The Morgan fingerprint density at radius 1 is 1.54 bits per heavy atom. The van der Waals surface area contributed by atoms with E-state index in [2.05, 4.69) is 13.8 Å². The normalized spacial score (nSPS) is 12.5. The molecule has 0 unspecified atom stereocenters. The van der Waals surface area contributed by atoms with Gasteiger partial charge in [-0.2, -0.15) is 0 Å². The zero-order valence-electron chi connectivity index (χ0n) is 8.37. The molecule has 0 fully saturated rings. The summed E-state index contributed by atoms with van der Waals surface area (Å²) in [6, 6.07) is 3.79. The summed E-state index contributed by atoms with van der Waals surface area (Å²) in [5.74, 6) is 2.07. The van der Waals surface area contributed by atoms with E-state index in [1.165, 1.54) is 0 Å². The van der Waals surface area contributed by atoms with Gasteiger partial charge in [-0.3, -0.25) is 0 Å². The highest BCUT2D eigenvalue weighted by atomic mass is 16.3. The maximum absolute atomic E-state index is 9.11. The van der Waals surface area contributed by atoms with Crippen molar-refractivity contribution in [3.63, 3.8) is 0 Å². The Balaban J connectivity index is 2.90. The summed E-state index contributed by atoms with van der Waals surface area (Å²) in [6.45, 7) is 6.08. The van der Waals surface area contributed by atoms with E-state index in [1.54, 1.807) is 0 Å². The third kappa shape index (κ3) is 2.74. The third-order valence-electron chi connectivity index (χ3n) is 1.76. The fraction of sp³-hybridized carbons (Fsp3) is 0.455. The minimum absolute atomic E-state index is 0.0329. The first-order valence-corrected chi connectivity index (χ1v) is 4.52. The zero-order valence-corrected chi connectivity index (χ0v) is 8.37. The second-order valence-corrected chi connectivity index (χ2v) is 3.50. The van der Waals surface area contributed by atoms with Gasteiger partial charge in [0.15, 0.2) is 0 Å². The van der Waals surface area contributed by atoms with Crippen LogP contribution in [0.5, 0.6) is 0 Å². The predicted molar refractivity (Wildman–Crippen MR) is 53.3 cm³/mol. The van der Waals surface area contributed by atoms with Crippen molar-refractivity contribution in [2.24, 2.45) is 5.92 Å². The zero-order chi connectivity index (χ0) is 9.84. The molecule has 0 radical (unpaired) electrons. The second-order valence-electron chi connectivity index (χ2n) is 3.50. The van der Waals surface area contributed by atoms with Gasteiger partial charge in [0.2, 0.25) is 0 Å². The second kappa shape index (κ2) is 4.28. The first kappa shape index (κ1) is 10.1. The fourth-order valence-electron chi connectivity index (χ4n) is 1.22. The van der Waals surface area contributed by atoms with Crippen molar-refractivity contribution in [1.29, 1.82) is 0 Å². The molecule has 0 aromatic carbocycles. The van der Waals surface area contributed by atoms with Gasteiger partial charge in [-0.25, -0.2) is 0 Å². The molecule has 0 spiro atoms. The van der Waals surface area contributed by atoms with Gasteiger partial charge in [0.05, 0.1) is 6.61 Å². The molecule has 0 saturated carbocycles. The van der Waals surface area contributed by atoms with Crippen LogP contribution in [0.2, 0.25) is 0 Å². The molecule has 1 aromatic heterocycles. The minimum Gasteiger partial charge on any atom is -0.462 e. The highest BCUT2D eigenvalue weighted by Gasteiger charge is 2.05. The summed E-state index contributed by atoms with van der Waals surface area (Å²) in [5.41, 5.74) is 0.864. The van der Waals surface area contributed by atoms with Crippen LogP contribution in [0.15, 0.2) is 22.6 Å². The molecule has 0 bridgehead atoms. The van der Waals surface area contributed by atoms with E-state index in [1.807, 2.05) is 25.1 Å². The van der Waals surface area contributed by atoms with E-state index < -0.39 is 0 Å². The van der Waals surface area contributed by atoms with E-state index in [-0.39, 0.29) is 6.61 Å². The quantitative estimate of drug-likeness (QED) is 0.775. The highest BCUT2D eigenvalue weighted by molar-refractivity contribution is 5.62. The van der Waals surface area contributed by atoms with Crippen LogP contribution in [-0.2, 0) is 0 Å². The first-order valence-electron chi connectivity index (χ1n) is 4.52. The van der Waals surface area contributed by atoms with Crippen LogP contribution in [0.3, 0.4) is 0 Å². The van der Waals surface area contributed by atoms with Crippen LogP contribution in [0.4, 0.5) is 0 Å². The maximum Gasteiger partial charge on any atom is 0.132 e. The molecule has 1 rings (SSSR count). The van der Waals surface area contributed by atoms with Gasteiger partial charge in [-0.05, 0) is 25.0 Å². The molecule has 0 amide bonds.